The van der Waals surface area contributed by atoms with Gasteiger partial charge in [0, 0.05) is 26.4 Å². The van der Waals surface area contributed by atoms with E-state index in [4.69, 9.17) is 4.42 Å². The second kappa shape index (κ2) is 5.79. The van der Waals surface area contributed by atoms with E-state index in [2.05, 4.69) is 25.9 Å². The SMILES string of the molecule is CNC(=O)c1nn(C)cc1NC(=O)c1cc(-c2ccco2)[nH]n1. The summed E-state index contributed by atoms with van der Waals surface area (Å²) in [6, 6.07) is 5.05. The standard InChI is InChI=1S/C14H14N6O3/c1-15-14(22)12-10(7-20(2)19-12)16-13(21)9-6-8(17-18-9)11-4-3-5-23-11/h3-7H,1-2H3,(H,15,22)(H,16,21)(H,17,18). The van der Waals surface area contributed by atoms with Crippen molar-refractivity contribution in [1.29, 1.82) is 0 Å². The number of hydrogen-bond donors (Lipinski definition) is 3. The highest BCUT2D eigenvalue weighted by molar-refractivity contribution is 6.07. The number of carbonyl (C=O) groups excluding carboxylic acids is 2. The molecule has 3 rings (SSSR count). The fourth-order valence-corrected chi connectivity index (χ4v) is 2.05. The van der Waals surface area contributed by atoms with E-state index in [0.29, 0.717) is 17.1 Å². The van der Waals surface area contributed by atoms with Crippen LogP contribution in [-0.2, 0) is 7.05 Å². The number of aryl methyl sites for hydroxylation is 1. The predicted molar refractivity (Wildman–Crippen MR) is 80.8 cm³/mol. The molecule has 0 aliphatic rings. The smallest absolute Gasteiger partial charge is 0.276 e. The van der Waals surface area contributed by atoms with Crippen molar-refractivity contribution in [3.05, 3.63) is 42.0 Å². The van der Waals surface area contributed by atoms with Crippen molar-refractivity contribution >= 4 is 17.5 Å². The van der Waals surface area contributed by atoms with E-state index in [1.165, 1.54) is 18.0 Å². The zero-order valence-corrected chi connectivity index (χ0v) is 12.5. The summed E-state index contributed by atoms with van der Waals surface area (Å²) in [5.74, 6) is -0.277. The number of carbonyl (C=O) groups is 2. The molecule has 0 spiro atoms. The molecule has 0 aromatic carbocycles. The van der Waals surface area contributed by atoms with Crippen LogP contribution in [0.25, 0.3) is 11.5 Å². The predicted octanol–water partition coefficient (Wildman–Crippen LogP) is 1.02. The Balaban J connectivity index is 1.81. The van der Waals surface area contributed by atoms with E-state index >= 15 is 0 Å². The first-order valence-corrected chi connectivity index (χ1v) is 6.75. The van der Waals surface area contributed by atoms with Crippen LogP contribution >= 0.6 is 0 Å². The van der Waals surface area contributed by atoms with Crippen molar-refractivity contribution in [1.82, 2.24) is 25.3 Å². The van der Waals surface area contributed by atoms with Crippen LogP contribution in [0.5, 0.6) is 0 Å². The van der Waals surface area contributed by atoms with Crippen LogP contribution < -0.4 is 10.6 Å². The van der Waals surface area contributed by atoms with Gasteiger partial charge in [0.1, 0.15) is 5.69 Å². The number of furan rings is 1. The van der Waals surface area contributed by atoms with Gasteiger partial charge < -0.3 is 15.1 Å². The summed E-state index contributed by atoms with van der Waals surface area (Å²) < 4.78 is 6.67. The van der Waals surface area contributed by atoms with Crippen LogP contribution in [0.1, 0.15) is 21.0 Å². The molecule has 0 radical (unpaired) electrons. The number of amides is 2. The average molecular weight is 314 g/mol. The molecule has 3 N–H and O–H groups in total. The maximum atomic E-state index is 12.3. The van der Waals surface area contributed by atoms with Crippen molar-refractivity contribution in [3.8, 4) is 11.5 Å². The molecule has 0 saturated carbocycles. The van der Waals surface area contributed by atoms with Crippen LogP contribution in [-0.4, -0.2) is 38.8 Å². The van der Waals surface area contributed by atoms with Gasteiger partial charge in [-0.1, -0.05) is 0 Å². The third kappa shape index (κ3) is 2.84. The van der Waals surface area contributed by atoms with Crippen molar-refractivity contribution in [3.63, 3.8) is 0 Å². The van der Waals surface area contributed by atoms with E-state index in [0.717, 1.165) is 0 Å². The van der Waals surface area contributed by atoms with Gasteiger partial charge in [-0.2, -0.15) is 10.2 Å². The third-order valence-electron chi connectivity index (χ3n) is 3.12. The van der Waals surface area contributed by atoms with E-state index < -0.39 is 5.91 Å². The average Bonchev–Trinajstić information content (AvgIpc) is 3.26. The largest absolute Gasteiger partial charge is 0.463 e. The fraction of sp³-hybridized carbons (Fsp3) is 0.143. The van der Waals surface area contributed by atoms with E-state index in [9.17, 15) is 9.59 Å². The van der Waals surface area contributed by atoms with Gasteiger partial charge in [-0.05, 0) is 12.1 Å². The first kappa shape index (κ1) is 14.6. The Bertz CT molecular complexity index is 846. The minimum Gasteiger partial charge on any atom is -0.463 e. The van der Waals surface area contributed by atoms with Gasteiger partial charge >= 0.3 is 0 Å². The Morgan fingerprint density at radius 3 is 2.87 bits per heavy atom. The van der Waals surface area contributed by atoms with Crippen LogP contribution in [0.15, 0.2) is 35.1 Å². The molecule has 9 heteroatoms. The van der Waals surface area contributed by atoms with Gasteiger partial charge in [-0.3, -0.25) is 19.4 Å². The molecule has 3 heterocycles. The molecule has 23 heavy (non-hydrogen) atoms. The highest BCUT2D eigenvalue weighted by Gasteiger charge is 2.19. The first-order valence-electron chi connectivity index (χ1n) is 6.75. The second-order valence-corrected chi connectivity index (χ2v) is 4.74. The van der Waals surface area contributed by atoms with Gasteiger partial charge in [0.25, 0.3) is 11.8 Å². The molecule has 3 aromatic heterocycles. The minimum atomic E-state index is -0.461. The lowest BCUT2D eigenvalue weighted by Gasteiger charge is -2.02. The molecule has 2 amide bonds. The van der Waals surface area contributed by atoms with Crippen LogP contribution in [0.2, 0.25) is 0 Å². The highest BCUT2D eigenvalue weighted by atomic mass is 16.3. The van der Waals surface area contributed by atoms with Crippen molar-refractivity contribution in [2.75, 3.05) is 12.4 Å². The van der Waals surface area contributed by atoms with Gasteiger partial charge in [-0.15, -0.1) is 0 Å². The molecular formula is C14H14N6O3. The summed E-state index contributed by atoms with van der Waals surface area (Å²) in [6.45, 7) is 0. The second-order valence-electron chi connectivity index (χ2n) is 4.74. The zero-order valence-electron chi connectivity index (χ0n) is 12.5. The molecule has 0 fully saturated rings. The fourth-order valence-electron chi connectivity index (χ4n) is 2.05. The Kier molecular flexibility index (Phi) is 3.67. The van der Waals surface area contributed by atoms with Gasteiger partial charge in [-0.25, -0.2) is 0 Å². The van der Waals surface area contributed by atoms with Crippen LogP contribution in [0, 0.1) is 0 Å². The molecule has 118 valence electrons. The number of aromatic nitrogens is 4. The van der Waals surface area contributed by atoms with Gasteiger partial charge in [0.2, 0.25) is 0 Å². The Hall–Kier alpha value is -3.36. The summed E-state index contributed by atoms with van der Waals surface area (Å²) in [7, 11) is 3.15. The summed E-state index contributed by atoms with van der Waals surface area (Å²) in [4.78, 5) is 24.0. The van der Waals surface area contributed by atoms with Crippen LogP contribution in [0.4, 0.5) is 5.69 Å². The molecule has 3 aromatic rings. The van der Waals surface area contributed by atoms with Gasteiger partial charge in [0.05, 0.1) is 12.0 Å². The minimum absolute atomic E-state index is 0.130. The topological polar surface area (TPSA) is 118 Å². The quantitative estimate of drug-likeness (QED) is 0.664. The molecule has 0 aliphatic heterocycles. The zero-order chi connectivity index (χ0) is 16.4. The van der Waals surface area contributed by atoms with Gasteiger partial charge in [0.15, 0.2) is 17.1 Å². The first-order chi connectivity index (χ1) is 11.1. The monoisotopic (exact) mass is 314 g/mol. The maximum Gasteiger partial charge on any atom is 0.276 e. The maximum absolute atomic E-state index is 12.3. The number of nitrogens with one attached hydrogen (secondary N) is 3. The van der Waals surface area contributed by atoms with E-state index in [1.807, 2.05) is 0 Å². The third-order valence-corrected chi connectivity index (χ3v) is 3.12. The summed E-state index contributed by atoms with van der Waals surface area (Å²) in [5.41, 5.74) is 1.19. The number of anilines is 1. The number of rotatable bonds is 4. The highest BCUT2D eigenvalue weighted by Crippen LogP contribution is 2.19. The van der Waals surface area contributed by atoms with Crippen LogP contribution in [0.3, 0.4) is 0 Å². The Morgan fingerprint density at radius 2 is 2.17 bits per heavy atom. The summed E-state index contributed by atoms with van der Waals surface area (Å²) >= 11 is 0. The van der Waals surface area contributed by atoms with Crippen molar-refractivity contribution < 1.29 is 14.0 Å². The lowest BCUT2D eigenvalue weighted by molar-refractivity contribution is 0.0958. The lowest BCUT2D eigenvalue weighted by Crippen LogP contribution is -2.21. The molecule has 9 nitrogen and oxygen atoms in total. The van der Waals surface area contributed by atoms with E-state index in [1.54, 1.807) is 31.4 Å². The van der Waals surface area contributed by atoms with E-state index in [-0.39, 0.29) is 17.3 Å². The number of hydrogen-bond acceptors (Lipinski definition) is 5. The Labute approximate surface area is 130 Å². The molecule has 0 aliphatic carbocycles. The Morgan fingerprint density at radius 1 is 1.35 bits per heavy atom. The summed E-state index contributed by atoms with van der Waals surface area (Å²) in [5, 5.41) is 15.8. The molecular weight excluding hydrogens is 300 g/mol. The molecule has 0 saturated heterocycles. The molecule has 0 unspecified atom stereocenters. The number of H-pyrrole nitrogens is 1. The number of aromatic amines is 1. The van der Waals surface area contributed by atoms with Crippen molar-refractivity contribution in [2.24, 2.45) is 7.05 Å². The summed E-state index contributed by atoms with van der Waals surface area (Å²) in [6.07, 6.45) is 3.07. The lowest BCUT2D eigenvalue weighted by atomic mass is 10.3. The normalized spacial score (nSPS) is 10.5. The molecule has 0 atom stereocenters. The van der Waals surface area contributed by atoms with Crippen molar-refractivity contribution in [2.45, 2.75) is 0 Å². The molecule has 0 bridgehead atoms. The number of nitrogens with zero attached hydrogens (tertiary/aromatic N) is 3.